The molecule has 3 aromatic carbocycles. The molecule has 158 valence electrons. The molecule has 0 aliphatic rings. The second-order valence-corrected chi connectivity index (χ2v) is 7.31. The first-order chi connectivity index (χ1) is 14.8. The quantitative estimate of drug-likeness (QED) is 0.418. The lowest BCUT2D eigenvalue weighted by Gasteiger charge is -2.17. The third kappa shape index (κ3) is 4.03. The zero-order valence-electron chi connectivity index (χ0n) is 16.8. The topological polar surface area (TPSA) is 55.1 Å². The molecule has 0 spiro atoms. The van der Waals surface area contributed by atoms with Crippen LogP contribution in [0.4, 0.5) is 13.2 Å². The molecule has 0 saturated heterocycles. The van der Waals surface area contributed by atoms with E-state index in [1.54, 1.807) is 6.92 Å². The van der Waals surface area contributed by atoms with E-state index in [0.717, 1.165) is 28.5 Å². The van der Waals surface area contributed by atoms with Crippen molar-refractivity contribution in [2.24, 2.45) is 0 Å². The molecule has 0 unspecified atom stereocenters. The van der Waals surface area contributed by atoms with E-state index in [1.165, 1.54) is 12.1 Å². The van der Waals surface area contributed by atoms with Crippen molar-refractivity contribution in [3.05, 3.63) is 89.1 Å². The van der Waals surface area contributed by atoms with Crippen molar-refractivity contribution in [1.29, 1.82) is 0 Å². The first kappa shape index (κ1) is 20.7. The summed E-state index contributed by atoms with van der Waals surface area (Å²) in [5, 5.41) is 8.80. The Morgan fingerprint density at radius 3 is 2.52 bits per heavy atom. The number of hydrogen-bond donors (Lipinski definition) is 1. The van der Waals surface area contributed by atoms with Gasteiger partial charge in [-0.25, -0.2) is 0 Å². The van der Waals surface area contributed by atoms with Gasteiger partial charge in [-0.05, 0) is 42.3 Å². The highest BCUT2D eigenvalue weighted by Crippen LogP contribution is 2.34. The minimum atomic E-state index is -4.50. The van der Waals surface area contributed by atoms with Crippen molar-refractivity contribution in [3.8, 4) is 11.3 Å². The lowest BCUT2D eigenvalue weighted by molar-refractivity contribution is -0.137. The number of halogens is 3. The summed E-state index contributed by atoms with van der Waals surface area (Å²) in [6, 6.07) is 18.0. The summed E-state index contributed by atoms with van der Waals surface area (Å²) >= 11 is 0. The van der Waals surface area contributed by atoms with E-state index in [0.29, 0.717) is 5.69 Å². The lowest BCUT2D eigenvalue weighted by Crippen LogP contribution is -2.27. The Labute approximate surface area is 176 Å². The van der Waals surface area contributed by atoms with Crippen LogP contribution in [-0.2, 0) is 6.18 Å². The monoisotopic (exact) mass is 424 g/mol. The van der Waals surface area contributed by atoms with Crippen molar-refractivity contribution in [3.63, 3.8) is 0 Å². The summed E-state index contributed by atoms with van der Waals surface area (Å²) in [6.45, 7) is 3.44. The van der Waals surface area contributed by atoms with Gasteiger partial charge in [-0.2, -0.15) is 13.2 Å². The van der Waals surface area contributed by atoms with Crippen LogP contribution in [0.25, 0.3) is 22.1 Å². The maximum absolute atomic E-state index is 13.1. The Morgan fingerprint density at radius 1 is 1.03 bits per heavy atom. The molecule has 4 aromatic rings. The Balaban J connectivity index is 1.67. The van der Waals surface area contributed by atoms with Gasteiger partial charge in [0.25, 0.3) is 5.91 Å². The van der Waals surface area contributed by atoms with E-state index in [2.05, 4.69) is 10.5 Å². The van der Waals surface area contributed by atoms with Crippen molar-refractivity contribution in [2.45, 2.75) is 26.1 Å². The van der Waals surface area contributed by atoms with Gasteiger partial charge in [0.2, 0.25) is 0 Å². The molecule has 1 aromatic heterocycles. The molecule has 1 heterocycles. The Kier molecular flexibility index (Phi) is 5.27. The van der Waals surface area contributed by atoms with Gasteiger partial charge in [0.15, 0.2) is 5.76 Å². The third-order valence-electron chi connectivity index (χ3n) is 5.18. The summed E-state index contributed by atoms with van der Waals surface area (Å²) in [7, 11) is 0. The molecule has 0 radical (unpaired) electrons. The van der Waals surface area contributed by atoms with E-state index in [9.17, 15) is 18.0 Å². The highest BCUT2D eigenvalue weighted by molar-refractivity contribution is 6.01. The first-order valence-corrected chi connectivity index (χ1v) is 9.68. The zero-order valence-corrected chi connectivity index (χ0v) is 16.8. The number of carbonyl (C=O) groups excluding carboxylic acids is 1. The average Bonchev–Trinajstić information content (AvgIpc) is 3.14. The maximum atomic E-state index is 13.1. The highest BCUT2D eigenvalue weighted by atomic mass is 19.4. The second-order valence-electron chi connectivity index (χ2n) is 7.31. The lowest BCUT2D eigenvalue weighted by atomic mass is 9.99. The number of fused-ring (bicyclic) bond motifs is 1. The van der Waals surface area contributed by atoms with E-state index >= 15 is 0 Å². The van der Waals surface area contributed by atoms with E-state index in [4.69, 9.17) is 4.52 Å². The van der Waals surface area contributed by atoms with Crippen LogP contribution in [0, 0.1) is 6.92 Å². The fourth-order valence-corrected chi connectivity index (χ4v) is 3.65. The molecule has 31 heavy (non-hydrogen) atoms. The maximum Gasteiger partial charge on any atom is 0.416 e. The van der Waals surface area contributed by atoms with Crippen molar-refractivity contribution >= 4 is 16.7 Å². The number of nitrogens with zero attached hydrogens (tertiary/aromatic N) is 1. The number of amides is 1. The zero-order chi connectivity index (χ0) is 22.2. The number of benzene rings is 3. The largest absolute Gasteiger partial charge is 0.416 e. The molecule has 0 aliphatic heterocycles. The molecule has 0 saturated carbocycles. The summed E-state index contributed by atoms with van der Waals surface area (Å²) < 4.78 is 44.6. The van der Waals surface area contributed by atoms with Gasteiger partial charge in [0.1, 0.15) is 5.56 Å². The predicted octanol–water partition coefficient (Wildman–Crippen LogP) is 6.31. The smallest absolute Gasteiger partial charge is 0.355 e. The van der Waals surface area contributed by atoms with Crippen LogP contribution in [0.2, 0.25) is 0 Å². The number of alkyl halides is 3. The predicted molar refractivity (Wildman–Crippen MR) is 112 cm³/mol. The number of aryl methyl sites for hydroxylation is 1. The normalized spacial score (nSPS) is 12.7. The molecule has 1 atom stereocenters. The molecule has 0 bridgehead atoms. The fourth-order valence-electron chi connectivity index (χ4n) is 3.65. The summed E-state index contributed by atoms with van der Waals surface area (Å²) in [5.74, 6) is -0.460. The van der Waals surface area contributed by atoms with Gasteiger partial charge < -0.3 is 9.84 Å². The molecule has 7 heteroatoms. The molecular weight excluding hydrogens is 405 g/mol. The van der Waals surface area contributed by atoms with Gasteiger partial charge in [-0.3, -0.25) is 4.79 Å². The first-order valence-electron chi connectivity index (χ1n) is 9.68. The minimum absolute atomic E-state index is 0.00576. The standard InChI is InChI=1S/C24H19F3N2O2/c1-14(19-12-6-8-16-7-3-4-11-20(16)19)28-23(30)21-15(2)29-31-22(21)17-9-5-10-18(13-17)24(25,26)27/h3-14H,1-2H3,(H,28,30)/t14-/m1/s1. The summed E-state index contributed by atoms with van der Waals surface area (Å²) in [4.78, 5) is 13.1. The molecular formula is C24H19F3N2O2. The fraction of sp³-hybridized carbons (Fsp3) is 0.167. The van der Waals surface area contributed by atoms with E-state index < -0.39 is 17.6 Å². The number of hydrogen-bond acceptors (Lipinski definition) is 3. The third-order valence-corrected chi connectivity index (χ3v) is 5.18. The molecule has 1 amide bonds. The van der Waals surface area contributed by atoms with Crippen LogP contribution in [0.1, 0.15) is 40.1 Å². The summed E-state index contributed by atoms with van der Waals surface area (Å²) in [5.41, 5.74) is 0.663. The Hall–Kier alpha value is -3.61. The molecule has 4 rings (SSSR count). The van der Waals surface area contributed by atoms with Crippen LogP contribution < -0.4 is 5.32 Å². The molecule has 0 aliphatic carbocycles. The number of carbonyl (C=O) groups is 1. The van der Waals surface area contributed by atoms with Crippen molar-refractivity contribution < 1.29 is 22.5 Å². The van der Waals surface area contributed by atoms with E-state index in [-0.39, 0.29) is 22.9 Å². The molecule has 4 nitrogen and oxygen atoms in total. The van der Waals surface area contributed by atoms with Gasteiger partial charge in [-0.1, -0.05) is 59.8 Å². The van der Waals surface area contributed by atoms with Gasteiger partial charge in [0.05, 0.1) is 17.3 Å². The van der Waals surface area contributed by atoms with Crippen LogP contribution in [0.5, 0.6) is 0 Å². The van der Waals surface area contributed by atoms with Crippen LogP contribution >= 0.6 is 0 Å². The average molecular weight is 424 g/mol. The Bertz CT molecular complexity index is 1260. The Morgan fingerprint density at radius 2 is 1.74 bits per heavy atom. The second kappa shape index (κ2) is 7.91. The number of nitrogens with one attached hydrogen (secondary N) is 1. The van der Waals surface area contributed by atoms with Gasteiger partial charge in [0, 0.05) is 5.56 Å². The van der Waals surface area contributed by atoms with Crippen LogP contribution in [0.3, 0.4) is 0 Å². The van der Waals surface area contributed by atoms with Gasteiger partial charge >= 0.3 is 6.18 Å². The summed E-state index contributed by atoms with van der Waals surface area (Å²) in [6.07, 6.45) is -4.50. The van der Waals surface area contributed by atoms with Crippen LogP contribution in [-0.4, -0.2) is 11.1 Å². The SMILES string of the molecule is Cc1noc(-c2cccc(C(F)(F)F)c2)c1C(=O)N[C@H](C)c1cccc2ccccc12. The van der Waals surface area contributed by atoms with E-state index in [1.807, 2.05) is 49.4 Å². The minimum Gasteiger partial charge on any atom is -0.355 e. The van der Waals surface area contributed by atoms with Gasteiger partial charge in [-0.15, -0.1) is 0 Å². The molecule has 0 fully saturated rings. The number of aromatic nitrogens is 1. The van der Waals surface area contributed by atoms with Crippen molar-refractivity contribution in [2.75, 3.05) is 0 Å². The number of rotatable bonds is 4. The highest BCUT2D eigenvalue weighted by Gasteiger charge is 2.31. The van der Waals surface area contributed by atoms with Crippen molar-refractivity contribution in [1.82, 2.24) is 10.5 Å². The van der Waals surface area contributed by atoms with Crippen LogP contribution in [0.15, 0.2) is 71.3 Å². The molecule has 1 N–H and O–H groups in total.